The van der Waals surface area contributed by atoms with Crippen LogP contribution in [0.5, 0.6) is 5.75 Å². The maximum Gasteiger partial charge on any atom is 0.416 e. The molecule has 0 aliphatic rings. The van der Waals surface area contributed by atoms with Crippen molar-refractivity contribution in [2.24, 2.45) is 0 Å². The molecular formula is C21H17F3N2O5S. The van der Waals surface area contributed by atoms with Crippen LogP contribution in [-0.2, 0) is 20.9 Å². The summed E-state index contributed by atoms with van der Waals surface area (Å²) in [5, 5.41) is 0. The van der Waals surface area contributed by atoms with Crippen LogP contribution in [0, 0.1) is 0 Å². The Labute approximate surface area is 181 Å². The number of halogens is 3. The van der Waals surface area contributed by atoms with E-state index in [9.17, 15) is 26.4 Å². The number of rotatable bonds is 6. The van der Waals surface area contributed by atoms with Gasteiger partial charge in [0.15, 0.2) is 0 Å². The van der Waals surface area contributed by atoms with E-state index in [0.29, 0.717) is 6.07 Å². The monoisotopic (exact) mass is 466 g/mol. The smallest absolute Gasteiger partial charge is 0.416 e. The molecule has 1 aromatic heterocycles. The number of sulfonamides is 1. The van der Waals surface area contributed by atoms with Crippen LogP contribution in [-0.4, -0.2) is 33.6 Å². The van der Waals surface area contributed by atoms with E-state index in [1.807, 2.05) is 0 Å². The molecule has 0 unspecified atom stereocenters. The number of benzene rings is 2. The summed E-state index contributed by atoms with van der Waals surface area (Å²) in [4.78, 5) is 15.5. The molecule has 0 atom stereocenters. The highest BCUT2D eigenvalue weighted by Gasteiger charge is 2.32. The van der Waals surface area contributed by atoms with Crippen LogP contribution >= 0.6 is 0 Å². The molecule has 0 saturated heterocycles. The number of hydrogen-bond donors (Lipinski definition) is 1. The van der Waals surface area contributed by atoms with Crippen molar-refractivity contribution in [1.29, 1.82) is 0 Å². The van der Waals surface area contributed by atoms with E-state index in [-0.39, 0.29) is 28.3 Å². The Hall–Kier alpha value is -3.60. The molecule has 11 heteroatoms. The topological polar surface area (TPSA) is 94.6 Å². The Kier molecular flexibility index (Phi) is 6.40. The minimum Gasteiger partial charge on any atom is -0.495 e. The fourth-order valence-electron chi connectivity index (χ4n) is 2.88. The van der Waals surface area contributed by atoms with Gasteiger partial charge < -0.3 is 9.47 Å². The summed E-state index contributed by atoms with van der Waals surface area (Å²) in [6.45, 7) is 0. The first kappa shape index (κ1) is 23.1. The SMILES string of the molecule is COC(=O)c1ccc(OC)c(S(=O)(=O)Nc2cc(C(F)(F)F)ccc2-c2ccccn2)c1. The molecule has 0 fully saturated rings. The molecule has 0 aliphatic carbocycles. The standard InChI is InChI=1S/C21H17F3N2O5S/c1-30-18-9-6-13(20(27)31-2)11-19(18)32(28,29)26-17-12-14(21(22,23)24)7-8-15(17)16-5-3-4-10-25-16/h3-12,26H,1-2H3. The summed E-state index contributed by atoms with van der Waals surface area (Å²) in [6.07, 6.45) is -3.28. The second-order valence-electron chi connectivity index (χ2n) is 6.44. The first-order chi connectivity index (χ1) is 15.1. The van der Waals surface area contributed by atoms with Gasteiger partial charge in [-0.1, -0.05) is 12.1 Å². The van der Waals surface area contributed by atoms with E-state index >= 15 is 0 Å². The number of carbonyl (C=O) groups is 1. The number of carbonyl (C=O) groups excluding carboxylic acids is 1. The molecule has 0 bridgehead atoms. The van der Waals surface area contributed by atoms with Crippen LogP contribution in [0.2, 0.25) is 0 Å². The van der Waals surface area contributed by atoms with Gasteiger partial charge in [0.2, 0.25) is 0 Å². The highest BCUT2D eigenvalue weighted by molar-refractivity contribution is 7.92. The number of alkyl halides is 3. The first-order valence-corrected chi connectivity index (χ1v) is 10.5. The third kappa shape index (κ3) is 4.83. The van der Waals surface area contributed by atoms with Crippen LogP contribution in [0.25, 0.3) is 11.3 Å². The summed E-state index contributed by atoms with van der Waals surface area (Å²) in [6, 6.07) is 10.9. The van der Waals surface area contributed by atoms with Gasteiger partial charge in [0, 0.05) is 11.8 Å². The summed E-state index contributed by atoms with van der Waals surface area (Å²) in [7, 11) is -2.15. The zero-order valence-corrected chi connectivity index (χ0v) is 17.6. The molecule has 0 spiro atoms. The average molecular weight is 466 g/mol. The van der Waals surface area contributed by atoms with Gasteiger partial charge in [-0.3, -0.25) is 9.71 Å². The third-order valence-electron chi connectivity index (χ3n) is 4.41. The zero-order chi connectivity index (χ0) is 23.5. The fraction of sp³-hybridized carbons (Fsp3) is 0.143. The minimum atomic E-state index is -4.70. The molecule has 2 aromatic carbocycles. The van der Waals surface area contributed by atoms with Gasteiger partial charge in [-0.2, -0.15) is 13.2 Å². The Morgan fingerprint density at radius 2 is 1.78 bits per heavy atom. The molecule has 7 nitrogen and oxygen atoms in total. The van der Waals surface area contributed by atoms with Crippen molar-refractivity contribution in [3.8, 4) is 17.0 Å². The van der Waals surface area contributed by atoms with Gasteiger partial charge in [-0.05, 0) is 42.5 Å². The van der Waals surface area contributed by atoms with Crippen molar-refractivity contribution in [2.45, 2.75) is 11.1 Å². The molecule has 0 aliphatic heterocycles. The first-order valence-electron chi connectivity index (χ1n) is 8.98. The molecule has 32 heavy (non-hydrogen) atoms. The van der Waals surface area contributed by atoms with Gasteiger partial charge in [0.05, 0.1) is 36.7 Å². The molecule has 0 saturated carbocycles. The predicted molar refractivity (Wildman–Crippen MR) is 110 cm³/mol. The van der Waals surface area contributed by atoms with E-state index in [0.717, 1.165) is 25.3 Å². The largest absolute Gasteiger partial charge is 0.495 e. The van der Waals surface area contributed by atoms with Crippen molar-refractivity contribution < 1.29 is 35.9 Å². The number of anilines is 1. The number of aromatic nitrogens is 1. The van der Waals surface area contributed by atoms with Gasteiger partial charge in [-0.25, -0.2) is 13.2 Å². The van der Waals surface area contributed by atoms with E-state index in [1.54, 1.807) is 12.1 Å². The molecular weight excluding hydrogens is 449 g/mol. The van der Waals surface area contributed by atoms with Crippen LogP contribution in [0.4, 0.5) is 18.9 Å². The molecule has 0 amide bonds. The maximum absolute atomic E-state index is 13.3. The number of methoxy groups -OCH3 is 2. The van der Waals surface area contributed by atoms with Crippen molar-refractivity contribution in [3.63, 3.8) is 0 Å². The normalized spacial score (nSPS) is 11.7. The minimum absolute atomic E-state index is 0.0809. The highest BCUT2D eigenvalue weighted by atomic mass is 32.2. The fourth-order valence-corrected chi connectivity index (χ4v) is 4.15. The van der Waals surface area contributed by atoms with Gasteiger partial charge in [0.1, 0.15) is 10.6 Å². The second kappa shape index (κ2) is 8.87. The Morgan fingerprint density at radius 3 is 2.38 bits per heavy atom. The summed E-state index contributed by atoms with van der Waals surface area (Å²) >= 11 is 0. The lowest BCUT2D eigenvalue weighted by Crippen LogP contribution is -2.17. The predicted octanol–water partition coefficient (Wildman–Crippen LogP) is 4.36. The Bertz CT molecular complexity index is 1250. The van der Waals surface area contributed by atoms with Crippen LogP contribution in [0.15, 0.2) is 65.7 Å². The van der Waals surface area contributed by atoms with Crippen molar-refractivity contribution in [2.75, 3.05) is 18.9 Å². The lowest BCUT2D eigenvalue weighted by molar-refractivity contribution is -0.137. The molecule has 0 radical (unpaired) electrons. The Morgan fingerprint density at radius 1 is 1.03 bits per heavy atom. The Balaban J connectivity index is 2.15. The lowest BCUT2D eigenvalue weighted by Gasteiger charge is -2.17. The van der Waals surface area contributed by atoms with Crippen LogP contribution < -0.4 is 9.46 Å². The maximum atomic E-state index is 13.3. The van der Waals surface area contributed by atoms with Crippen molar-refractivity contribution >= 4 is 21.7 Å². The van der Waals surface area contributed by atoms with Gasteiger partial charge in [0.25, 0.3) is 10.0 Å². The number of nitrogens with one attached hydrogen (secondary N) is 1. The summed E-state index contributed by atoms with van der Waals surface area (Å²) in [5.41, 5.74) is -1.09. The van der Waals surface area contributed by atoms with Crippen molar-refractivity contribution in [3.05, 3.63) is 71.9 Å². The zero-order valence-electron chi connectivity index (χ0n) is 16.8. The van der Waals surface area contributed by atoms with E-state index in [1.165, 1.54) is 31.5 Å². The molecule has 168 valence electrons. The number of hydrogen-bond acceptors (Lipinski definition) is 6. The van der Waals surface area contributed by atoms with E-state index in [2.05, 4.69) is 14.4 Å². The third-order valence-corrected chi connectivity index (χ3v) is 5.79. The lowest BCUT2D eigenvalue weighted by atomic mass is 10.1. The quantitative estimate of drug-likeness (QED) is 0.543. The summed E-state index contributed by atoms with van der Waals surface area (Å²) < 4.78 is 78.0. The molecule has 1 N–H and O–H groups in total. The summed E-state index contributed by atoms with van der Waals surface area (Å²) in [5.74, 6) is -0.908. The molecule has 3 aromatic rings. The van der Waals surface area contributed by atoms with Crippen molar-refractivity contribution in [1.82, 2.24) is 4.98 Å². The molecule has 3 rings (SSSR count). The molecule has 1 heterocycles. The van der Waals surface area contributed by atoms with Gasteiger partial charge in [-0.15, -0.1) is 0 Å². The van der Waals surface area contributed by atoms with Gasteiger partial charge >= 0.3 is 12.1 Å². The number of esters is 1. The number of ether oxygens (including phenoxy) is 2. The average Bonchev–Trinajstić information content (AvgIpc) is 2.77. The highest BCUT2D eigenvalue weighted by Crippen LogP contribution is 2.37. The van der Waals surface area contributed by atoms with E-state index < -0.39 is 32.6 Å². The second-order valence-corrected chi connectivity index (χ2v) is 8.09. The van der Waals surface area contributed by atoms with E-state index in [4.69, 9.17) is 4.74 Å². The number of pyridine rings is 1. The number of nitrogens with zero attached hydrogens (tertiary/aromatic N) is 1. The van der Waals surface area contributed by atoms with Crippen LogP contribution in [0.1, 0.15) is 15.9 Å². The van der Waals surface area contributed by atoms with Crippen LogP contribution in [0.3, 0.4) is 0 Å².